The van der Waals surface area contributed by atoms with E-state index in [-0.39, 0.29) is 0 Å². The van der Waals surface area contributed by atoms with Crippen molar-refractivity contribution < 1.29 is 0 Å². The molecule has 5 rings (SSSR count). The molecule has 0 aliphatic heterocycles. The van der Waals surface area contributed by atoms with E-state index in [1.54, 1.807) is 11.1 Å². The lowest BCUT2D eigenvalue weighted by Crippen LogP contribution is -1.92. The molecule has 0 unspecified atom stereocenters. The first-order valence-electron chi connectivity index (χ1n) is 12.1. The van der Waals surface area contributed by atoms with Crippen LogP contribution in [0.25, 0.3) is 11.1 Å². The van der Waals surface area contributed by atoms with Crippen LogP contribution in [0.1, 0.15) is 86.7 Å². The molecular weight excluding hydrogens is 436 g/mol. The predicted molar refractivity (Wildman–Crippen MR) is 147 cm³/mol. The van der Waals surface area contributed by atoms with E-state index in [0.29, 0.717) is 11.8 Å². The number of hydrogen-bond donors (Lipinski definition) is 0. The van der Waals surface area contributed by atoms with Crippen LogP contribution in [0, 0.1) is 13.8 Å². The van der Waals surface area contributed by atoms with Crippen molar-refractivity contribution in [2.45, 2.75) is 58.8 Å². The molecule has 0 radical (unpaired) electrons. The number of aryl methyl sites for hydroxylation is 2. The molecule has 2 heteroatoms. The molecule has 0 amide bonds. The lowest BCUT2D eigenvalue weighted by molar-refractivity contribution is 0.936. The molecule has 0 saturated heterocycles. The molecule has 2 heterocycles. The van der Waals surface area contributed by atoms with Gasteiger partial charge in [0.15, 0.2) is 0 Å². The van der Waals surface area contributed by atoms with E-state index >= 15 is 0 Å². The smallest absolute Gasteiger partial charge is 0.0155 e. The number of rotatable bonds is 6. The van der Waals surface area contributed by atoms with Gasteiger partial charge in [-0.2, -0.15) is 0 Å². The normalized spacial score (nSPS) is 15.8. The van der Waals surface area contributed by atoms with Crippen LogP contribution in [-0.2, 0) is 0 Å². The van der Waals surface area contributed by atoms with E-state index in [1.807, 2.05) is 22.7 Å². The molecule has 168 valence electrons. The molecule has 0 bridgehead atoms. The molecule has 1 aliphatic rings. The minimum Gasteiger partial charge on any atom is -0.144 e. The summed E-state index contributed by atoms with van der Waals surface area (Å²) >= 11 is 3.96. The summed E-state index contributed by atoms with van der Waals surface area (Å²) in [5.74, 6) is 0.880. The first-order valence-corrected chi connectivity index (χ1v) is 13.7. The van der Waals surface area contributed by atoms with Crippen molar-refractivity contribution in [3.8, 4) is 0 Å². The van der Waals surface area contributed by atoms with Gasteiger partial charge in [-0.15, -0.1) is 22.7 Å². The maximum absolute atomic E-state index is 2.49. The van der Waals surface area contributed by atoms with Crippen molar-refractivity contribution in [3.63, 3.8) is 0 Å². The Labute approximate surface area is 206 Å². The van der Waals surface area contributed by atoms with Crippen LogP contribution >= 0.6 is 22.7 Å². The van der Waals surface area contributed by atoms with Crippen LogP contribution in [0.2, 0.25) is 0 Å². The SMILES string of the molecule is Cc1sc([C@H](C)c2ccccc2)cc1C1=C(c2cc([C@H](C)c3ccccc3)sc2C)CCC1. The lowest BCUT2D eigenvalue weighted by Gasteiger charge is -2.10. The third-order valence-electron chi connectivity index (χ3n) is 7.19. The van der Waals surface area contributed by atoms with Gasteiger partial charge in [0.1, 0.15) is 0 Å². The van der Waals surface area contributed by atoms with E-state index < -0.39 is 0 Å². The number of hydrogen-bond acceptors (Lipinski definition) is 2. The Morgan fingerprint density at radius 1 is 0.606 bits per heavy atom. The van der Waals surface area contributed by atoms with E-state index in [9.17, 15) is 0 Å². The van der Waals surface area contributed by atoms with Gasteiger partial charge in [0.2, 0.25) is 0 Å². The highest BCUT2D eigenvalue weighted by Gasteiger charge is 2.25. The van der Waals surface area contributed by atoms with Crippen molar-refractivity contribution in [1.29, 1.82) is 0 Å². The summed E-state index contributed by atoms with van der Waals surface area (Å²) in [6, 6.07) is 26.8. The number of allylic oxidation sites excluding steroid dienone is 2. The molecule has 2 aromatic heterocycles. The molecule has 2 atom stereocenters. The summed E-state index contributed by atoms with van der Waals surface area (Å²) in [7, 11) is 0. The fourth-order valence-corrected chi connectivity index (χ4v) is 7.46. The highest BCUT2D eigenvalue weighted by Crippen LogP contribution is 2.47. The van der Waals surface area contributed by atoms with E-state index in [2.05, 4.69) is 100 Å². The third-order valence-corrected chi connectivity index (χ3v) is 9.66. The Bertz CT molecular complexity index is 1170. The lowest BCUT2D eigenvalue weighted by atomic mass is 9.94. The van der Waals surface area contributed by atoms with Crippen molar-refractivity contribution >= 4 is 33.8 Å². The Hall–Kier alpha value is -2.42. The Kier molecular flexibility index (Phi) is 6.40. The fourth-order valence-electron chi connectivity index (χ4n) is 5.19. The monoisotopic (exact) mass is 468 g/mol. The summed E-state index contributed by atoms with van der Waals surface area (Å²) < 4.78 is 0. The first kappa shape index (κ1) is 22.4. The second-order valence-electron chi connectivity index (χ2n) is 9.31. The molecule has 0 nitrogen and oxygen atoms in total. The van der Waals surface area contributed by atoms with Crippen molar-refractivity contribution in [3.05, 3.63) is 115 Å². The molecule has 2 aromatic carbocycles. The molecular formula is C31H32S2. The van der Waals surface area contributed by atoms with Gasteiger partial charge in [-0.25, -0.2) is 0 Å². The number of thiophene rings is 2. The van der Waals surface area contributed by atoms with Gasteiger partial charge in [0.25, 0.3) is 0 Å². The maximum Gasteiger partial charge on any atom is 0.0155 e. The molecule has 0 saturated carbocycles. The minimum absolute atomic E-state index is 0.440. The Balaban J connectivity index is 1.50. The van der Waals surface area contributed by atoms with Crippen molar-refractivity contribution in [2.75, 3.05) is 0 Å². The van der Waals surface area contributed by atoms with E-state index in [0.717, 1.165) is 0 Å². The second kappa shape index (κ2) is 9.44. The van der Waals surface area contributed by atoms with Crippen LogP contribution in [0.3, 0.4) is 0 Å². The standard InChI is InChI=1S/C31H32S2/c1-20(24-12-7-5-8-13-24)30-18-28(22(3)32-30)26-16-11-17-27(26)29-19-31(33-23(29)4)21(2)25-14-9-6-10-15-25/h5-10,12-15,18-21H,11,16-17H2,1-4H3/t20-,21-/m1/s1. The zero-order valence-corrected chi connectivity index (χ0v) is 21.7. The molecule has 33 heavy (non-hydrogen) atoms. The van der Waals surface area contributed by atoms with E-state index in [1.165, 1.54) is 61.0 Å². The van der Waals surface area contributed by atoms with Crippen LogP contribution < -0.4 is 0 Å². The second-order valence-corrected chi connectivity index (χ2v) is 11.9. The van der Waals surface area contributed by atoms with Gasteiger partial charge in [0, 0.05) is 31.3 Å². The Morgan fingerprint density at radius 3 is 1.39 bits per heavy atom. The van der Waals surface area contributed by atoms with Crippen LogP contribution in [-0.4, -0.2) is 0 Å². The minimum atomic E-state index is 0.440. The summed E-state index contributed by atoms with van der Waals surface area (Å²) in [6.07, 6.45) is 3.66. The quantitative estimate of drug-likeness (QED) is 0.264. The summed E-state index contributed by atoms with van der Waals surface area (Å²) in [5, 5.41) is 0. The average Bonchev–Trinajstić information content (AvgIpc) is 3.57. The topological polar surface area (TPSA) is 0 Å². The third kappa shape index (κ3) is 4.39. The van der Waals surface area contributed by atoms with Gasteiger partial charge in [0.05, 0.1) is 0 Å². The number of benzene rings is 2. The van der Waals surface area contributed by atoms with Gasteiger partial charge < -0.3 is 0 Å². The molecule has 1 aliphatic carbocycles. The highest BCUT2D eigenvalue weighted by atomic mass is 32.1. The fraction of sp³-hybridized carbons (Fsp3) is 0.290. The van der Waals surface area contributed by atoms with Crippen molar-refractivity contribution in [2.24, 2.45) is 0 Å². The van der Waals surface area contributed by atoms with Crippen LogP contribution in [0.5, 0.6) is 0 Å². The van der Waals surface area contributed by atoms with Crippen molar-refractivity contribution in [1.82, 2.24) is 0 Å². The van der Waals surface area contributed by atoms with Crippen LogP contribution in [0.4, 0.5) is 0 Å². The van der Waals surface area contributed by atoms with E-state index in [4.69, 9.17) is 0 Å². The predicted octanol–water partition coefficient (Wildman–Crippen LogP) is 9.82. The molecule has 0 spiro atoms. The van der Waals surface area contributed by atoms with Gasteiger partial charge >= 0.3 is 0 Å². The largest absolute Gasteiger partial charge is 0.144 e. The maximum atomic E-state index is 2.49. The van der Waals surface area contributed by atoms with Gasteiger partial charge in [-0.3, -0.25) is 0 Å². The Morgan fingerprint density at radius 2 is 1.00 bits per heavy atom. The zero-order chi connectivity index (χ0) is 22.9. The molecule has 0 N–H and O–H groups in total. The van der Waals surface area contributed by atoms with Crippen LogP contribution in [0.15, 0.2) is 72.8 Å². The average molecular weight is 469 g/mol. The zero-order valence-electron chi connectivity index (χ0n) is 20.0. The first-order chi connectivity index (χ1) is 16.0. The summed E-state index contributed by atoms with van der Waals surface area (Å²) in [6.45, 7) is 9.31. The van der Waals surface area contributed by atoms with Gasteiger partial charge in [-0.1, -0.05) is 74.5 Å². The summed E-state index contributed by atoms with van der Waals surface area (Å²) in [4.78, 5) is 5.89. The molecule has 0 fully saturated rings. The molecule has 4 aromatic rings. The van der Waals surface area contributed by atoms with Gasteiger partial charge in [-0.05, 0) is 78.6 Å². The summed E-state index contributed by atoms with van der Waals surface area (Å²) in [5.41, 5.74) is 8.98. The highest BCUT2D eigenvalue weighted by molar-refractivity contribution is 7.12.